The van der Waals surface area contributed by atoms with Crippen LogP contribution in [-0.2, 0) is 4.74 Å². The summed E-state index contributed by atoms with van der Waals surface area (Å²) in [7, 11) is 0. The number of rotatable bonds is 1. The zero-order valence-electron chi connectivity index (χ0n) is 12.9. The highest BCUT2D eigenvalue weighted by atomic mass is 35.5. The lowest BCUT2D eigenvalue weighted by Crippen LogP contribution is -2.26. The summed E-state index contributed by atoms with van der Waals surface area (Å²) in [5.74, 6) is 0.137. The number of nitrogens with zero attached hydrogens (tertiary/aromatic N) is 1. The Morgan fingerprint density at radius 1 is 1.20 bits per heavy atom. The van der Waals surface area contributed by atoms with Crippen molar-refractivity contribution in [2.24, 2.45) is 5.73 Å². The maximum Gasteiger partial charge on any atom is 0.205 e. The van der Waals surface area contributed by atoms with Gasteiger partial charge in [0.05, 0.1) is 11.5 Å². The zero-order chi connectivity index (χ0) is 17.6. The van der Waals surface area contributed by atoms with Gasteiger partial charge in [0.1, 0.15) is 35.6 Å². The Kier molecular flexibility index (Phi) is 3.63. The van der Waals surface area contributed by atoms with E-state index in [9.17, 15) is 9.65 Å². The summed E-state index contributed by atoms with van der Waals surface area (Å²) in [4.78, 5) is 0. The number of hydrogen-bond donors (Lipinski definition) is 1. The Labute approximate surface area is 148 Å². The summed E-state index contributed by atoms with van der Waals surface area (Å²) in [5.41, 5.74) is 8.34. The Bertz CT molecular complexity index is 974. The minimum Gasteiger partial charge on any atom is -0.488 e. The van der Waals surface area contributed by atoms with Crippen LogP contribution in [0.1, 0.15) is 17.0 Å². The minimum atomic E-state index is -0.428. The highest BCUT2D eigenvalue weighted by Gasteiger charge is 2.36. The number of nitriles is 1. The maximum atomic E-state index is 13.7. The highest BCUT2D eigenvalue weighted by Crippen LogP contribution is 2.46. The molecule has 2 heterocycles. The zero-order valence-corrected chi connectivity index (χ0v) is 13.7. The summed E-state index contributed by atoms with van der Waals surface area (Å²) in [6.07, 6.45) is 0. The molecule has 0 saturated heterocycles. The first kappa shape index (κ1) is 15.6. The van der Waals surface area contributed by atoms with Gasteiger partial charge >= 0.3 is 0 Å². The van der Waals surface area contributed by atoms with E-state index in [-0.39, 0.29) is 12.5 Å². The van der Waals surface area contributed by atoms with Gasteiger partial charge in [0.15, 0.2) is 0 Å². The molecule has 0 fully saturated rings. The second-order valence-electron chi connectivity index (χ2n) is 5.76. The van der Waals surface area contributed by atoms with Crippen molar-refractivity contribution in [1.82, 2.24) is 0 Å². The van der Waals surface area contributed by atoms with Crippen molar-refractivity contribution in [1.29, 1.82) is 5.26 Å². The Morgan fingerprint density at radius 2 is 1.96 bits per heavy atom. The van der Waals surface area contributed by atoms with E-state index in [1.54, 1.807) is 18.2 Å². The van der Waals surface area contributed by atoms with Crippen LogP contribution in [0.3, 0.4) is 0 Å². The third-order valence-electron chi connectivity index (χ3n) is 4.30. The summed E-state index contributed by atoms with van der Waals surface area (Å²) in [5, 5.41) is 10.2. The first-order valence-electron chi connectivity index (χ1n) is 7.57. The molecule has 0 aliphatic carbocycles. The number of halogens is 2. The van der Waals surface area contributed by atoms with Gasteiger partial charge in [-0.1, -0.05) is 23.7 Å². The van der Waals surface area contributed by atoms with Crippen LogP contribution in [0.4, 0.5) is 4.39 Å². The molecule has 4 nitrogen and oxygen atoms in total. The molecule has 0 radical (unpaired) electrons. The first-order chi connectivity index (χ1) is 12.1. The average molecular weight is 355 g/mol. The van der Waals surface area contributed by atoms with E-state index in [0.29, 0.717) is 27.7 Å². The summed E-state index contributed by atoms with van der Waals surface area (Å²) in [6, 6.07) is 13.5. The van der Waals surface area contributed by atoms with Crippen LogP contribution in [0, 0.1) is 17.1 Å². The molecule has 1 atom stereocenters. The van der Waals surface area contributed by atoms with E-state index in [1.165, 1.54) is 12.1 Å². The van der Waals surface area contributed by atoms with Crippen molar-refractivity contribution < 1.29 is 13.9 Å². The molecule has 0 spiro atoms. The van der Waals surface area contributed by atoms with E-state index in [0.717, 1.165) is 11.1 Å². The van der Waals surface area contributed by atoms with Gasteiger partial charge in [-0.05, 0) is 35.9 Å². The molecule has 0 saturated carbocycles. The van der Waals surface area contributed by atoms with Gasteiger partial charge in [-0.2, -0.15) is 5.26 Å². The van der Waals surface area contributed by atoms with Crippen molar-refractivity contribution in [3.05, 3.63) is 81.5 Å². The van der Waals surface area contributed by atoms with Gasteiger partial charge < -0.3 is 15.2 Å². The SMILES string of the molecule is N#CC1=C(N)OC2=C(COc3ccc(F)cc32)[C@@H]1c1ccc(Cl)cc1. The quantitative estimate of drug-likeness (QED) is 0.837. The fourth-order valence-electron chi connectivity index (χ4n) is 3.16. The lowest BCUT2D eigenvalue weighted by atomic mass is 9.81. The summed E-state index contributed by atoms with van der Waals surface area (Å²) < 4.78 is 25.2. The van der Waals surface area contributed by atoms with Gasteiger partial charge in [0.2, 0.25) is 5.88 Å². The van der Waals surface area contributed by atoms with Crippen molar-refractivity contribution in [2.75, 3.05) is 6.61 Å². The first-order valence-corrected chi connectivity index (χ1v) is 7.95. The second kappa shape index (κ2) is 5.83. The number of allylic oxidation sites excluding steroid dienone is 1. The topological polar surface area (TPSA) is 68.3 Å². The molecule has 0 bridgehead atoms. The van der Waals surface area contributed by atoms with E-state index >= 15 is 0 Å². The molecule has 2 aromatic carbocycles. The predicted octanol–water partition coefficient (Wildman–Crippen LogP) is 4.09. The molecular weight excluding hydrogens is 343 g/mol. The van der Waals surface area contributed by atoms with Gasteiger partial charge in [0, 0.05) is 10.6 Å². The van der Waals surface area contributed by atoms with Crippen molar-refractivity contribution in [3.8, 4) is 11.8 Å². The summed E-state index contributed by atoms with van der Waals surface area (Å²) in [6.45, 7) is 0.222. The number of fused-ring (bicyclic) bond motifs is 2. The van der Waals surface area contributed by atoms with E-state index in [2.05, 4.69) is 6.07 Å². The van der Waals surface area contributed by atoms with Gasteiger partial charge in [-0.3, -0.25) is 0 Å². The lowest BCUT2D eigenvalue weighted by molar-refractivity contribution is 0.293. The van der Waals surface area contributed by atoms with Crippen molar-refractivity contribution >= 4 is 17.4 Å². The number of ether oxygens (including phenoxy) is 2. The number of benzene rings is 2. The third kappa shape index (κ3) is 2.51. The van der Waals surface area contributed by atoms with Crippen LogP contribution in [0.5, 0.6) is 5.75 Å². The second-order valence-corrected chi connectivity index (χ2v) is 6.20. The van der Waals surface area contributed by atoms with E-state index < -0.39 is 11.7 Å². The molecule has 0 unspecified atom stereocenters. The fourth-order valence-corrected chi connectivity index (χ4v) is 3.28. The molecular formula is C19H12ClFN2O2. The monoisotopic (exact) mass is 354 g/mol. The molecule has 2 N–H and O–H groups in total. The van der Waals surface area contributed by atoms with Gasteiger partial charge in [-0.25, -0.2) is 4.39 Å². The highest BCUT2D eigenvalue weighted by molar-refractivity contribution is 6.30. The Hall–Kier alpha value is -2.97. The standard InChI is InChI=1S/C19H12ClFN2O2/c20-11-3-1-10(2-4-11)17-14(8-22)19(23)25-18-13-7-12(21)5-6-16(13)24-9-15(17)18/h1-7,17H,9,23H2/t17-/m1/s1. The van der Waals surface area contributed by atoms with Crippen molar-refractivity contribution in [3.63, 3.8) is 0 Å². The molecule has 25 heavy (non-hydrogen) atoms. The van der Waals surface area contributed by atoms with Crippen LogP contribution < -0.4 is 10.5 Å². The van der Waals surface area contributed by atoms with Crippen LogP contribution in [0.15, 0.2) is 59.5 Å². The smallest absolute Gasteiger partial charge is 0.205 e. The Balaban J connectivity index is 1.92. The molecule has 0 aromatic heterocycles. The molecule has 2 aliphatic rings. The van der Waals surface area contributed by atoms with Gasteiger partial charge in [-0.15, -0.1) is 0 Å². The molecule has 6 heteroatoms. The van der Waals surface area contributed by atoms with Crippen molar-refractivity contribution in [2.45, 2.75) is 5.92 Å². The van der Waals surface area contributed by atoms with Crippen LogP contribution in [0.25, 0.3) is 5.76 Å². The average Bonchev–Trinajstić information content (AvgIpc) is 2.61. The Morgan fingerprint density at radius 3 is 2.68 bits per heavy atom. The van der Waals surface area contributed by atoms with E-state index in [1.807, 2.05) is 12.1 Å². The van der Waals surface area contributed by atoms with E-state index in [4.69, 9.17) is 26.8 Å². The van der Waals surface area contributed by atoms with Crippen LogP contribution in [0.2, 0.25) is 5.02 Å². The summed E-state index contributed by atoms with van der Waals surface area (Å²) >= 11 is 5.97. The third-order valence-corrected chi connectivity index (χ3v) is 4.55. The molecule has 4 rings (SSSR count). The van der Waals surface area contributed by atoms with Crippen LogP contribution >= 0.6 is 11.6 Å². The molecule has 124 valence electrons. The maximum absolute atomic E-state index is 13.7. The predicted molar refractivity (Wildman–Crippen MR) is 90.9 cm³/mol. The minimum absolute atomic E-state index is 0.0123. The van der Waals surface area contributed by atoms with Crippen LogP contribution in [-0.4, -0.2) is 6.61 Å². The molecule has 2 aliphatic heterocycles. The lowest BCUT2D eigenvalue weighted by Gasteiger charge is -2.33. The van der Waals surface area contributed by atoms with Gasteiger partial charge in [0.25, 0.3) is 0 Å². The normalized spacial score (nSPS) is 18.7. The number of hydrogen-bond acceptors (Lipinski definition) is 4. The molecule has 0 amide bonds. The fraction of sp³-hybridized carbons (Fsp3) is 0.105. The number of nitrogens with two attached hydrogens (primary N) is 1. The molecule has 2 aromatic rings. The largest absolute Gasteiger partial charge is 0.488 e.